The molecule has 1 atom stereocenters. The maximum Gasteiger partial charge on any atom is 0.317 e. The van der Waals surface area contributed by atoms with Crippen LogP contribution in [-0.2, 0) is 4.79 Å². The topological polar surface area (TPSA) is 49.8 Å². The molecule has 2 heterocycles. The van der Waals surface area contributed by atoms with Gasteiger partial charge in [0.15, 0.2) is 0 Å². The fourth-order valence-corrected chi connectivity index (χ4v) is 2.79. The predicted octanol–water partition coefficient (Wildman–Crippen LogP) is 1.93. The smallest absolute Gasteiger partial charge is 0.317 e. The molecule has 2 aliphatic heterocycles. The molecule has 1 unspecified atom stereocenters. The zero-order valence-electron chi connectivity index (χ0n) is 10.9. The summed E-state index contributed by atoms with van der Waals surface area (Å²) in [5, 5.41) is 8.85. The van der Waals surface area contributed by atoms with Crippen LogP contribution in [0.3, 0.4) is 0 Å². The van der Waals surface area contributed by atoms with Crippen molar-refractivity contribution in [2.75, 3.05) is 19.6 Å². The molecule has 0 amide bonds. The minimum atomic E-state index is -0.784. The van der Waals surface area contributed by atoms with Crippen molar-refractivity contribution in [1.82, 2.24) is 4.90 Å². The highest BCUT2D eigenvalue weighted by atomic mass is 16.5. The van der Waals surface area contributed by atoms with Gasteiger partial charge in [-0.05, 0) is 24.6 Å². The van der Waals surface area contributed by atoms with E-state index in [-0.39, 0.29) is 12.1 Å². The Hall–Kier alpha value is -1.81. The molecule has 100 valence electrons. The van der Waals surface area contributed by atoms with E-state index in [1.54, 1.807) is 0 Å². The van der Waals surface area contributed by atoms with E-state index in [9.17, 15) is 4.79 Å². The van der Waals surface area contributed by atoms with Crippen LogP contribution in [0.1, 0.15) is 17.5 Å². The van der Waals surface area contributed by atoms with E-state index in [1.165, 1.54) is 5.56 Å². The third-order valence-corrected chi connectivity index (χ3v) is 3.75. The molecule has 1 aromatic carbocycles. The summed E-state index contributed by atoms with van der Waals surface area (Å²) in [6, 6.07) is 6.16. The summed E-state index contributed by atoms with van der Waals surface area (Å²) in [4.78, 5) is 12.7. The number of ether oxygens (including phenoxy) is 1. The first-order valence-electron chi connectivity index (χ1n) is 6.49. The number of rotatable bonds is 2. The van der Waals surface area contributed by atoms with Crippen molar-refractivity contribution in [3.05, 3.63) is 35.4 Å². The number of carbonyl (C=O) groups is 1. The van der Waals surface area contributed by atoms with Crippen LogP contribution < -0.4 is 4.74 Å². The molecular weight excluding hydrogens is 242 g/mol. The van der Waals surface area contributed by atoms with E-state index >= 15 is 0 Å². The SMILES string of the molecule is Cc1ccc2c(c1)OC1(C=C2)CCN(CC(=O)O)C1. The Morgan fingerprint density at radius 1 is 1.53 bits per heavy atom. The van der Waals surface area contributed by atoms with Crippen molar-refractivity contribution in [3.8, 4) is 5.75 Å². The largest absolute Gasteiger partial charge is 0.481 e. The Morgan fingerprint density at radius 3 is 3.16 bits per heavy atom. The molecule has 1 fully saturated rings. The number of likely N-dealkylation sites (tertiary alicyclic amines) is 1. The lowest BCUT2D eigenvalue weighted by atomic mass is 9.97. The lowest BCUT2D eigenvalue weighted by molar-refractivity contribution is -0.138. The predicted molar refractivity (Wildman–Crippen MR) is 72.3 cm³/mol. The monoisotopic (exact) mass is 259 g/mol. The molecule has 0 aromatic heterocycles. The molecule has 1 saturated heterocycles. The lowest BCUT2D eigenvalue weighted by Gasteiger charge is -2.31. The van der Waals surface area contributed by atoms with Gasteiger partial charge in [0.25, 0.3) is 0 Å². The highest BCUT2D eigenvalue weighted by Gasteiger charge is 2.40. The van der Waals surface area contributed by atoms with E-state index in [0.29, 0.717) is 6.54 Å². The summed E-state index contributed by atoms with van der Waals surface area (Å²) in [5.74, 6) is 0.118. The molecule has 0 saturated carbocycles. The standard InChI is InChI=1S/C15H17NO3/c1-11-2-3-12-4-5-15(19-13(12)8-11)6-7-16(10-15)9-14(17)18/h2-5,8H,6-7,9-10H2,1H3,(H,17,18). The molecule has 0 aliphatic carbocycles. The summed E-state index contributed by atoms with van der Waals surface area (Å²) in [7, 11) is 0. The number of nitrogens with zero attached hydrogens (tertiary/aromatic N) is 1. The van der Waals surface area contributed by atoms with Crippen LogP contribution in [0.15, 0.2) is 24.3 Å². The van der Waals surface area contributed by atoms with Gasteiger partial charge < -0.3 is 9.84 Å². The Balaban J connectivity index is 1.80. The maximum absolute atomic E-state index is 10.8. The summed E-state index contributed by atoms with van der Waals surface area (Å²) in [6.45, 7) is 3.53. The van der Waals surface area contributed by atoms with Crippen molar-refractivity contribution in [1.29, 1.82) is 0 Å². The highest BCUT2D eigenvalue weighted by Crippen LogP contribution is 2.36. The van der Waals surface area contributed by atoms with Crippen LogP contribution in [0.4, 0.5) is 0 Å². The van der Waals surface area contributed by atoms with E-state index in [2.05, 4.69) is 24.3 Å². The number of carboxylic acids is 1. The van der Waals surface area contributed by atoms with Gasteiger partial charge in [0.05, 0.1) is 6.54 Å². The number of hydrogen-bond acceptors (Lipinski definition) is 3. The molecule has 2 aliphatic rings. The number of hydrogen-bond donors (Lipinski definition) is 1. The molecule has 1 spiro atoms. The van der Waals surface area contributed by atoms with Gasteiger partial charge in [-0.15, -0.1) is 0 Å². The van der Waals surface area contributed by atoms with Crippen LogP contribution in [0.5, 0.6) is 5.75 Å². The number of aliphatic carboxylic acids is 1. The zero-order valence-corrected chi connectivity index (χ0v) is 10.9. The number of fused-ring (bicyclic) bond motifs is 1. The normalized spacial score (nSPS) is 25.3. The van der Waals surface area contributed by atoms with Crippen molar-refractivity contribution in [2.45, 2.75) is 18.9 Å². The first-order chi connectivity index (χ1) is 9.06. The first kappa shape index (κ1) is 12.2. The second kappa shape index (κ2) is 4.38. The summed E-state index contributed by atoms with van der Waals surface area (Å²) in [5.41, 5.74) is 1.91. The van der Waals surface area contributed by atoms with Crippen LogP contribution >= 0.6 is 0 Å². The van der Waals surface area contributed by atoms with Crippen LogP contribution in [0, 0.1) is 6.92 Å². The Morgan fingerprint density at radius 2 is 2.37 bits per heavy atom. The zero-order chi connectivity index (χ0) is 13.5. The minimum Gasteiger partial charge on any atom is -0.481 e. The van der Waals surface area contributed by atoms with Gasteiger partial charge in [-0.25, -0.2) is 0 Å². The second-order valence-electron chi connectivity index (χ2n) is 5.40. The molecule has 1 aromatic rings. The van der Waals surface area contributed by atoms with Gasteiger partial charge >= 0.3 is 5.97 Å². The van der Waals surface area contributed by atoms with E-state index in [0.717, 1.165) is 24.3 Å². The van der Waals surface area contributed by atoms with Gasteiger partial charge in [-0.1, -0.05) is 18.2 Å². The highest BCUT2D eigenvalue weighted by molar-refractivity contribution is 5.69. The fourth-order valence-electron chi connectivity index (χ4n) is 2.79. The van der Waals surface area contributed by atoms with Crippen LogP contribution in [0.2, 0.25) is 0 Å². The van der Waals surface area contributed by atoms with E-state index in [1.807, 2.05) is 17.9 Å². The first-order valence-corrected chi connectivity index (χ1v) is 6.49. The number of benzene rings is 1. The van der Waals surface area contributed by atoms with Crippen molar-refractivity contribution < 1.29 is 14.6 Å². The molecule has 4 heteroatoms. The lowest BCUT2D eigenvalue weighted by Crippen LogP contribution is -2.39. The molecule has 0 radical (unpaired) electrons. The third kappa shape index (κ3) is 2.36. The van der Waals surface area contributed by atoms with Crippen molar-refractivity contribution in [2.24, 2.45) is 0 Å². The average Bonchev–Trinajstić information content (AvgIpc) is 2.70. The third-order valence-electron chi connectivity index (χ3n) is 3.75. The molecule has 19 heavy (non-hydrogen) atoms. The average molecular weight is 259 g/mol. The molecule has 1 N–H and O–H groups in total. The van der Waals surface area contributed by atoms with Gasteiger partial charge in [0.1, 0.15) is 11.4 Å². The number of aryl methyl sites for hydroxylation is 1. The van der Waals surface area contributed by atoms with Crippen molar-refractivity contribution in [3.63, 3.8) is 0 Å². The summed E-state index contributed by atoms with van der Waals surface area (Å²) in [6.07, 6.45) is 5.00. The Bertz CT molecular complexity index is 552. The number of carboxylic acid groups (broad SMARTS) is 1. The maximum atomic E-state index is 10.8. The minimum absolute atomic E-state index is 0.0830. The molecule has 4 nitrogen and oxygen atoms in total. The van der Waals surface area contributed by atoms with E-state index < -0.39 is 5.97 Å². The van der Waals surface area contributed by atoms with Crippen LogP contribution in [0.25, 0.3) is 6.08 Å². The van der Waals surface area contributed by atoms with E-state index in [4.69, 9.17) is 9.84 Å². The van der Waals surface area contributed by atoms with Gasteiger partial charge in [0.2, 0.25) is 0 Å². The Kier molecular flexibility index (Phi) is 2.82. The van der Waals surface area contributed by atoms with Crippen molar-refractivity contribution >= 4 is 12.0 Å². The van der Waals surface area contributed by atoms with Crippen LogP contribution in [-0.4, -0.2) is 41.2 Å². The Labute approximate surface area is 112 Å². The summed E-state index contributed by atoms with van der Waals surface area (Å²) < 4.78 is 6.15. The van der Waals surface area contributed by atoms with Gasteiger partial charge in [-0.3, -0.25) is 9.69 Å². The molecule has 3 rings (SSSR count). The fraction of sp³-hybridized carbons (Fsp3) is 0.400. The van der Waals surface area contributed by atoms with Gasteiger partial charge in [0, 0.05) is 25.1 Å². The quantitative estimate of drug-likeness (QED) is 0.881. The summed E-state index contributed by atoms with van der Waals surface area (Å²) >= 11 is 0. The van der Waals surface area contributed by atoms with Gasteiger partial charge in [-0.2, -0.15) is 0 Å². The molecular formula is C15H17NO3. The second-order valence-corrected chi connectivity index (χ2v) is 5.40. The molecule has 0 bridgehead atoms.